The second kappa shape index (κ2) is 8.33. The highest BCUT2D eigenvalue weighted by Gasteiger charge is 2.49. The molecule has 1 aliphatic rings. The van der Waals surface area contributed by atoms with Crippen molar-refractivity contribution < 1.29 is 19.4 Å². The van der Waals surface area contributed by atoms with Gasteiger partial charge in [-0.2, -0.15) is 0 Å². The number of hydrogen-bond acceptors (Lipinski definition) is 5. The Morgan fingerprint density at radius 3 is 2.76 bits per heavy atom. The Labute approximate surface area is 172 Å². The van der Waals surface area contributed by atoms with Gasteiger partial charge in [0.2, 0.25) is 0 Å². The van der Waals surface area contributed by atoms with E-state index in [1.165, 1.54) is 11.6 Å². The lowest BCUT2D eigenvalue weighted by Crippen LogP contribution is -2.53. The molecule has 0 bridgehead atoms. The molecule has 2 aromatic rings. The predicted octanol–water partition coefficient (Wildman–Crippen LogP) is 4.45. The molecular weight excluding hydrogens is 368 g/mol. The first-order valence-corrected chi connectivity index (χ1v) is 10.3. The van der Waals surface area contributed by atoms with Crippen molar-refractivity contribution in [2.45, 2.75) is 65.1 Å². The van der Waals surface area contributed by atoms with Crippen molar-refractivity contribution >= 4 is 11.0 Å². The molecule has 1 aliphatic carbocycles. The standard InChI is InChI=1S/C24H32O5/c1-16(5-9-20-23(2,3)21(25)11-13-24(20,4)27)12-14-28-18-8-6-17-7-10-22(26)29-19(17)15-18/h6-8,10,12,15,20-21,25,27H,5,9,11,13-14H2,1-4H3/t20-,21+,24-/m1/s1. The van der Waals surface area contributed by atoms with Crippen LogP contribution in [0.2, 0.25) is 0 Å². The normalized spacial score (nSPS) is 27.2. The summed E-state index contributed by atoms with van der Waals surface area (Å²) in [5, 5.41) is 22.1. The molecule has 0 saturated heterocycles. The summed E-state index contributed by atoms with van der Waals surface area (Å²) in [4.78, 5) is 11.4. The van der Waals surface area contributed by atoms with Gasteiger partial charge in [-0.15, -0.1) is 0 Å². The Kier molecular flexibility index (Phi) is 6.20. The van der Waals surface area contributed by atoms with E-state index in [1.54, 1.807) is 12.1 Å². The third-order valence-electron chi connectivity index (χ3n) is 6.54. The maximum atomic E-state index is 11.4. The Hall–Kier alpha value is -2.11. The molecule has 0 spiro atoms. The second-order valence-corrected chi connectivity index (χ2v) is 9.14. The number of benzene rings is 1. The molecule has 0 radical (unpaired) electrons. The molecule has 0 unspecified atom stereocenters. The number of hydrogen-bond donors (Lipinski definition) is 2. The molecule has 29 heavy (non-hydrogen) atoms. The fourth-order valence-electron chi connectivity index (χ4n) is 4.58. The third-order valence-corrected chi connectivity index (χ3v) is 6.54. The average molecular weight is 401 g/mol. The molecule has 1 aromatic heterocycles. The number of fused-ring (bicyclic) bond motifs is 1. The molecule has 3 atom stereocenters. The van der Waals surface area contributed by atoms with Crippen molar-refractivity contribution in [1.29, 1.82) is 0 Å². The second-order valence-electron chi connectivity index (χ2n) is 9.14. The van der Waals surface area contributed by atoms with Crippen LogP contribution in [-0.4, -0.2) is 28.5 Å². The molecule has 1 saturated carbocycles. The maximum Gasteiger partial charge on any atom is 0.336 e. The lowest BCUT2D eigenvalue weighted by Gasteiger charge is -2.51. The molecule has 1 heterocycles. The molecule has 5 nitrogen and oxygen atoms in total. The zero-order chi connectivity index (χ0) is 21.2. The van der Waals surface area contributed by atoms with E-state index < -0.39 is 5.60 Å². The van der Waals surface area contributed by atoms with E-state index in [1.807, 2.05) is 25.1 Å². The van der Waals surface area contributed by atoms with Gasteiger partial charge in [0, 0.05) is 17.5 Å². The Balaban J connectivity index is 1.58. The molecule has 0 amide bonds. The van der Waals surface area contributed by atoms with E-state index in [0.29, 0.717) is 30.8 Å². The Morgan fingerprint density at radius 1 is 1.28 bits per heavy atom. The zero-order valence-electron chi connectivity index (χ0n) is 17.8. The monoisotopic (exact) mass is 400 g/mol. The van der Waals surface area contributed by atoms with E-state index in [0.717, 1.165) is 18.2 Å². The van der Waals surface area contributed by atoms with Gasteiger partial charge >= 0.3 is 5.63 Å². The van der Waals surface area contributed by atoms with Crippen molar-refractivity contribution in [3.05, 3.63) is 52.4 Å². The fourth-order valence-corrected chi connectivity index (χ4v) is 4.58. The highest BCUT2D eigenvalue weighted by atomic mass is 16.5. The molecule has 1 fully saturated rings. The van der Waals surface area contributed by atoms with Crippen LogP contribution in [0, 0.1) is 11.3 Å². The summed E-state index contributed by atoms with van der Waals surface area (Å²) >= 11 is 0. The minimum atomic E-state index is -0.755. The van der Waals surface area contributed by atoms with Crippen LogP contribution in [0.25, 0.3) is 11.0 Å². The van der Waals surface area contributed by atoms with Crippen LogP contribution in [0.3, 0.4) is 0 Å². The van der Waals surface area contributed by atoms with Crippen molar-refractivity contribution in [3.63, 3.8) is 0 Å². The zero-order valence-corrected chi connectivity index (χ0v) is 17.8. The van der Waals surface area contributed by atoms with Gasteiger partial charge in [0.05, 0.1) is 11.7 Å². The Bertz CT molecular complexity index is 938. The van der Waals surface area contributed by atoms with Crippen molar-refractivity contribution in [1.82, 2.24) is 0 Å². The molecule has 158 valence electrons. The van der Waals surface area contributed by atoms with Crippen molar-refractivity contribution in [2.75, 3.05) is 6.61 Å². The van der Waals surface area contributed by atoms with Crippen LogP contribution in [0.15, 0.2) is 51.2 Å². The summed E-state index contributed by atoms with van der Waals surface area (Å²) in [7, 11) is 0. The van der Waals surface area contributed by atoms with Gasteiger partial charge in [0.1, 0.15) is 17.9 Å². The van der Waals surface area contributed by atoms with E-state index in [9.17, 15) is 15.0 Å². The fraction of sp³-hybridized carbons (Fsp3) is 0.542. The van der Waals surface area contributed by atoms with Gasteiger partial charge in [0.15, 0.2) is 0 Å². The van der Waals surface area contributed by atoms with Crippen LogP contribution in [-0.2, 0) is 0 Å². The lowest BCUT2D eigenvalue weighted by atomic mass is 9.59. The molecule has 5 heteroatoms. The van der Waals surface area contributed by atoms with E-state index in [4.69, 9.17) is 9.15 Å². The van der Waals surface area contributed by atoms with Crippen LogP contribution in [0.4, 0.5) is 0 Å². The van der Waals surface area contributed by atoms with E-state index >= 15 is 0 Å². The van der Waals surface area contributed by atoms with Crippen LogP contribution in [0.1, 0.15) is 53.4 Å². The van der Waals surface area contributed by atoms with Gasteiger partial charge < -0.3 is 19.4 Å². The number of aliphatic hydroxyl groups is 2. The van der Waals surface area contributed by atoms with Crippen LogP contribution < -0.4 is 10.4 Å². The minimum absolute atomic E-state index is 0.0337. The predicted molar refractivity (Wildman–Crippen MR) is 114 cm³/mol. The number of allylic oxidation sites excluding steroid dienone is 1. The largest absolute Gasteiger partial charge is 0.489 e. The molecule has 3 rings (SSSR count). The van der Waals surface area contributed by atoms with Gasteiger partial charge in [-0.1, -0.05) is 19.4 Å². The van der Waals surface area contributed by atoms with Crippen molar-refractivity contribution in [3.8, 4) is 5.75 Å². The summed E-state index contributed by atoms with van der Waals surface area (Å²) in [5.41, 5.74) is 0.249. The van der Waals surface area contributed by atoms with Gasteiger partial charge in [0.25, 0.3) is 0 Å². The quantitative estimate of drug-likeness (QED) is 0.553. The van der Waals surface area contributed by atoms with Gasteiger partial charge in [-0.05, 0) is 75.1 Å². The topological polar surface area (TPSA) is 79.9 Å². The highest BCUT2D eigenvalue weighted by molar-refractivity contribution is 5.77. The number of aliphatic hydroxyl groups excluding tert-OH is 1. The number of rotatable bonds is 6. The van der Waals surface area contributed by atoms with Crippen LogP contribution in [0.5, 0.6) is 5.75 Å². The average Bonchev–Trinajstić information content (AvgIpc) is 2.64. The first kappa shape index (κ1) is 21.6. The highest BCUT2D eigenvalue weighted by Crippen LogP contribution is 2.48. The molecule has 1 aromatic carbocycles. The third kappa shape index (κ3) is 4.90. The number of ether oxygens (including phenoxy) is 1. The Morgan fingerprint density at radius 2 is 2.00 bits per heavy atom. The SMILES string of the molecule is CC(=CCOc1ccc2ccc(=O)oc2c1)CC[C@@H]1C(C)(C)[C@@H](O)CC[C@@]1(C)O. The maximum absolute atomic E-state index is 11.4. The van der Waals surface area contributed by atoms with Gasteiger partial charge in [-0.3, -0.25) is 0 Å². The minimum Gasteiger partial charge on any atom is -0.489 e. The van der Waals surface area contributed by atoms with Crippen molar-refractivity contribution in [2.24, 2.45) is 11.3 Å². The van der Waals surface area contributed by atoms with Crippen LogP contribution >= 0.6 is 0 Å². The summed E-state index contributed by atoms with van der Waals surface area (Å²) in [5.74, 6) is 0.682. The first-order chi connectivity index (χ1) is 13.6. The molecule has 2 N–H and O–H groups in total. The molecular formula is C24H32O5. The van der Waals surface area contributed by atoms with E-state index in [-0.39, 0.29) is 23.1 Å². The lowest BCUT2D eigenvalue weighted by molar-refractivity contribution is -0.145. The smallest absolute Gasteiger partial charge is 0.336 e. The summed E-state index contributed by atoms with van der Waals surface area (Å²) < 4.78 is 11.0. The molecule has 0 aliphatic heterocycles. The first-order valence-electron chi connectivity index (χ1n) is 10.3. The summed E-state index contributed by atoms with van der Waals surface area (Å²) in [6, 6.07) is 8.58. The van der Waals surface area contributed by atoms with Gasteiger partial charge in [-0.25, -0.2) is 4.79 Å². The van der Waals surface area contributed by atoms with E-state index in [2.05, 4.69) is 20.8 Å². The summed E-state index contributed by atoms with van der Waals surface area (Å²) in [6.07, 6.45) is 4.59. The summed E-state index contributed by atoms with van der Waals surface area (Å²) in [6.45, 7) is 8.48.